The van der Waals surface area contributed by atoms with E-state index in [0.29, 0.717) is 12.0 Å². The van der Waals surface area contributed by atoms with Crippen molar-refractivity contribution in [3.8, 4) is 0 Å². The van der Waals surface area contributed by atoms with E-state index in [1.807, 2.05) is 38.0 Å². The molecule has 212 valence electrons. The van der Waals surface area contributed by atoms with Crippen LogP contribution in [-0.4, -0.2) is 52.7 Å². The van der Waals surface area contributed by atoms with Gasteiger partial charge in [0.2, 0.25) is 0 Å². The molecule has 4 rings (SSSR count). The fraction of sp³-hybridized carbons (Fsp3) is 0.720. The molecule has 0 unspecified atom stereocenters. The number of hydrogen-bond donors (Lipinski definition) is 3. The highest BCUT2D eigenvalue weighted by atomic mass is 35.5. The molecule has 2 aromatic heterocycles. The van der Waals surface area contributed by atoms with Crippen LogP contribution >= 0.6 is 47.5 Å². The predicted octanol–water partition coefficient (Wildman–Crippen LogP) is 6.98. The minimum atomic E-state index is -0.468. The van der Waals surface area contributed by atoms with Crippen LogP contribution in [0.15, 0.2) is 10.8 Å². The van der Waals surface area contributed by atoms with E-state index in [4.69, 9.17) is 4.74 Å². The molecule has 2 aliphatic heterocycles. The lowest BCUT2D eigenvalue weighted by atomic mass is 10.1. The number of nitrogens with one attached hydrogen (secondary N) is 3. The van der Waals surface area contributed by atoms with E-state index in [1.165, 1.54) is 12.1 Å². The van der Waals surface area contributed by atoms with Crippen molar-refractivity contribution in [3.05, 3.63) is 22.1 Å². The normalized spacial score (nSPS) is 22.8. The molecule has 2 fully saturated rings. The van der Waals surface area contributed by atoms with Crippen molar-refractivity contribution in [1.82, 2.24) is 20.2 Å². The first-order valence-electron chi connectivity index (χ1n) is 12.7. The first-order chi connectivity index (χ1) is 16.6. The maximum absolute atomic E-state index is 12.4. The molecule has 2 aromatic rings. The SMILES string of the molecule is CCNc1nc([C@H]2C[C@@H](C)CN2)cs1.CCNc1nc([C@H]2C[C@@H](C)CN2C(=O)OC(C)(C)C)cs1.Cl.Cl. The van der Waals surface area contributed by atoms with Gasteiger partial charge in [0.1, 0.15) is 5.60 Å². The fourth-order valence-corrected chi connectivity index (χ4v) is 6.00. The average molecular weight is 596 g/mol. The summed E-state index contributed by atoms with van der Waals surface area (Å²) in [6.07, 6.45) is 1.92. The third-order valence-corrected chi connectivity index (χ3v) is 7.52. The summed E-state index contributed by atoms with van der Waals surface area (Å²) in [5.74, 6) is 1.25. The van der Waals surface area contributed by atoms with Crippen LogP contribution in [0.2, 0.25) is 0 Å². The van der Waals surface area contributed by atoms with Crippen molar-refractivity contribution in [3.63, 3.8) is 0 Å². The number of nitrogens with zero attached hydrogens (tertiary/aromatic N) is 3. The number of hydrogen-bond acceptors (Lipinski definition) is 9. The zero-order valence-corrected chi connectivity index (χ0v) is 26.3. The largest absolute Gasteiger partial charge is 0.444 e. The van der Waals surface area contributed by atoms with Crippen LogP contribution in [0.4, 0.5) is 15.1 Å². The summed E-state index contributed by atoms with van der Waals surface area (Å²) < 4.78 is 5.52. The van der Waals surface area contributed by atoms with Crippen molar-refractivity contribution in [2.75, 3.05) is 36.8 Å². The molecular formula is C25H44Cl2N6O2S2. The molecule has 37 heavy (non-hydrogen) atoms. The van der Waals surface area contributed by atoms with E-state index in [1.54, 1.807) is 22.7 Å². The zero-order valence-electron chi connectivity index (χ0n) is 23.0. The van der Waals surface area contributed by atoms with Gasteiger partial charge in [0.15, 0.2) is 10.3 Å². The van der Waals surface area contributed by atoms with E-state index >= 15 is 0 Å². The van der Waals surface area contributed by atoms with Crippen molar-refractivity contribution in [1.29, 1.82) is 0 Å². The standard InChI is InChI=1S/C15H25N3O2S.C10H17N3S.2ClH/c1-6-16-13-17-11(9-21-13)12-7-10(2)8-18(12)14(19)20-15(3,4)5;1-3-11-10-13-9(6-14-10)8-4-7(2)5-12-8;;/h9-10,12H,6-8H2,1-5H3,(H,16,17);6-8,12H,3-5H2,1-2H3,(H,11,13);2*1H/t10-,12-;7-,8-;;/m11../s1. The van der Waals surface area contributed by atoms with Gasteiger partial charge in [-0.3, -0.25) is 4.90 Å². The third-order valence-electron chi connectivity index (χ3n) is 5.89. The molecule has 0 radical (unpaired) electrons. The van der Waals surface area contributed by atoms with Gasteiger partial charge in [-0.1, -0.05) is 13.8 Å². The van der Waals surface area contributed by atoms with E-state index < -0.39 is 5.60 Å². The Bertz CT molecular complexity index is 952. The lowest BCUT2D eigenvalue weighted by Crippen LogP contribution is -2.36. The maximum atomic E-state index is 12.4. The van der Waals surface area contributed by atoms with E-state index in [-0.39, 0.29) is 36.9 Å². The number of carbonyl (C=O) groups excluding carboxylic acids is 1. The van der Waals surface area contributed by atoms with E-state index in [2.05, 4.69) is 52.1 Å². The van der Waals surface area contributed by atoms with Gasteiger partial charge in [-0.2, -0.15) is 0 Å². The smallest absolute Gasteiger partial charge is 0.410 e. The summed E-state index contributed by atoms with van der Waals surface area (Å²) >= 11 is 3.29. The molecule has 0 spiro atoms. The molecule has 12 heteroatoms. The number of anilines is 2. The van der Waals surface area contributed by atoms with Gasteiger partial charge >= 0.3 is 6.09 Å². The number of aromatic nitrogens is 2. The number of amides is 1. The Hall–Kier alpha value is -1.33. The summed E-state index contributed by atoms with van der Waals surface area (Å²) in [5.41, 5.74) is 1.70. The van der Waals surface area contributed by atoms with Gasteiger partial charge in [0, 0.05) is 30.4 Å². The molecule has 0 bridgehead atoms. The van der Waals surface area contributed by atoms with Gasteiger partial charge in [-0.15, -0.1) is 47.5 Å². The van der Waals surface area contributed by atoms with Gasteiger partial charge < -0.3 is 20.7 Å². The Balaban J connectivity index is 0.000000375. The summed E-state index contributed by atoms with van der Waals surface area (Å²) in [6, 6.07) is 0.507. The average Bonchev–Trinajstić information content (AvgIpc) is 3.55. The van der Waals surface area contributed by atoms with Gasteiger partial charge in [-0.05, 0) is 65.8 Å². The second-order valence-corrected chi connectivity index (χ2v) is 12.2. The van der Waals surface area contributed by atoms with E-state index in [0.717, 1.165) is 54.5 Å². The number of ether oxygens (including phenoxy) is 1. The lowest BCUT2D eigenvalue weighted by molar-refractivity contribution is 0.0217. The highest BCUT2D eigenvalue weighted by Crippen LogP contribution is 2.37. The van der Waals surface area contributed by atoms with Crippen LogP contribution in [0.3, 0.4) is 0 Å². The molecule has 4 atom stereocenters. The van der Waals surface area contributed by atoms with Crippen LogP contribution in [0, 0.1) is 11.8 Å². The highest BCUT2D eigenvalue weighted by molar-refractivity contribution is 7.14. The van der Waals surface area contributed by atoms with E-state index in [9.17, 15) is 4.79 Å². The van der Waals surface area contributed by atoms with Gasteiger partial charge in [0.05, 0.1) is 23.5 Å². The Labute approximate surface area is 242 Å². The lowest BCUT2D eigenvalue weighted by Gasteiger charge is -2.27. The topological polar surface area (TPSA) is 91.4 Å². The van der Waals surface area contributed by atoms with Crippen LogP contribution in [0.1, 0.15) is 84.8 Å². The van der Waals surface area contributed by atoms with Crippen molar-refractivity contribution >= 4 is 63.8 Å². The Kier molecular flexibility index (Phi) is 13.9. The summed E-state index contributed by atoms with van der Waals surface area (Å²) in [6.45, 7) is 17.9. The summed E-state index contributed by atoms with van der Waals surface area (Å²) in [7, 11) is 0. The monoisotopic (exact) mass is 594 g/mol. The van der Waals surface area contributed by atoms with Gasteiger partial charge in [0.25, 0.3) is 0 Å². The molecule has 3 N–H and O–H groups in total. The van der Waals surface area contributed by atoms with Gasteiger partial charge in [-0.25, -0.2) is 14.8 Å². The Morgan fingerprint density at radius 1 is 1.03 bits per heavy atom. The number of thiazole rings is 2. The number of carbonyl (C=O) groups is 1. The maximum Gasteiger partial charge on any atom is 0.410 e. The minimum absolute atomic E-state index is 0. The molecule has 1 amide bonds. The molecule has 0 aliphatic carbocycles. The zero-order chi connectivity index (χ0) is 25.6. The Morgan fingerprint density at radius 2 is 1.59 bits per heavy atom. The quantitative estimate of drug-likeness (QED) is 0.332. The minimum Gasteiger partial charge on any atom is -0.444 e. The van der Waals surface area contributed by atoms with Crippen molar-refractivity contribution in [2.24, 2.45) is 11.8 Å². The summed E-state index contributed by atoms with van der Waals surface area (Å²) in [5, 5.41) is 16.1. The van der Waals surface area contributed by atoms with Crippen LogP contribution in [-0.2, 0) is 4.74 Å². The second-order valence-electron chi connectivity index (χ2n) is 10.5. The van der Waals surface area contributed by atoms with Crippen LogP contribution in [0.25, 0.3) is 0 Å². The first-order valence-corrected chi connectivity index (χ1v) is 14.5. The van der Waals surface area contributed by atoms with Crippen LogP contribution in [0.5, 0.6) is 0 Å². The third kappa shape index (κ3) is 10.1. The second kappa shape index (κ2) is 15.3. The molecule has 2 saturated heterocycles. The molecular weight excluding hydrogens is 551 g/mol. The van der Waals surface area contributed by atoms with Crippen molar-refractivity contribution < 1.29 is 9.53 Å². The molecule has 8 nitrogen and oxygen atoms in total. The highest BCUT2D eigenvalue weighted by Gasteiger charge is 2.37. The predicted molar refractivity (Wildman–Crippen MR) is 161 cm³/mol. The van der Waals surface area contributed by atoms with Crippen molar-refractivity contribution in [2.45, 2.75) is 79.0 Å². The Morgan fingerprint density at radius 3 is 2.11 bits per heavy atom. The molecule has 2 aliphatic rings. The fourth-order valence-electron chi connectivity index (χ4n) is 4.34. The van der Waals surface area contributed by atoms with Crippen LogP contribution < -0.4 is 16.0 Å². The number of rotatable bonds is 6. The number of likely N-dealkylation sites (tertiary alicyclic amines) is 1. The molecule has 0 saturated carbocycles. The molecule has 4 heterocycles. The summed E-state index contributed by atoms with van der Waals surface area (Å²) in [4.78, 5) is 23.4. The first kappa shape index (κ1) is 33.7. The molecule has 0 aromatic carbocycles. The number of halogens is 2.